The van der Waals surface area contributed by atoms with E-state index in [1.807, 2.05) is 19.9 Å². The summed E-state index contributed by atoms with van der Waals surface area (Å²) in [6, 6.07) is 5.36. The average molecular weight is 305 g/mol. The standard InChI is InChI=1S/C12H11Cl2N3.ClH/c1-7-8(2)15-6-16-12(7)17-9-3-4-10(13)11(14)5-9;/h3-6H,1-2H3,(H,15,16,17);1H. The Kier molecular flexibility index (Phi) is 5.20. The second kappa shape index (κ2) is 6.23. The van der Waals surface area contributed by atoms with E-state index in [0.29, 0.717) is 10.0 Å². The Morgan fingerprint density at radius 2 is 1.78 bits per heavy atom. The molecule has 18 heavy (non-hydrogen) atoms. The average Bonchev–Trinajstić information content (AvgIpc) is 2.30. The Hall–Kier alpha value is -1.03. The molecule has 3 nitrogen and oxygen atoms in total. The summed E-state index contributed by atoms with van der Waals surface area (Å²) in [4.78, 5) is 8.30. The van der Waals surface area contributed by atoms with Gasteiger partial charge >= 0.3 is 0 Å². The number of anilines is 2. The number of nitrogens with one attached hydrogen (secondary N) is 1. The molecule has 0 bridgehead atoms. The number of halogens is 3. The lowest BCUT2D eigenvalue weighted by atomic mass is 10.2. The van der Waals surface area contributed by atoms with Gasteiger partial charge in [-0.15, -0.1) is 12.4 Å². The van der Waals surface area contributed by atoms with Gasteiger partial charge in [-0.25, -0.2) is 9.97 Å². The second-order valence-corrected chi connectivity index (χ2v) is 4.50. The predicted octanol–water partition coefficient (Wildman–Crippen LogP) is 4.57. The van der Waals surface area contributed by atoms with Gasteiger partial charge in [0, 0.05) is 16.9 Å². The first-order chi connectivity index (χ1) is 8.08. The number of nitrogens with zero attached hydrogens (tertiary/aromatic N) is 2. The first-order valence-electron chi connectivity index (χ1n) is 5.08. The predicted molar refractivity (Wildman–Crippen MR) is 78.5 cm³/mol. The Bertz CT molecular complexity index is 558. The van der Waals surface area contributed by atoms with E-state index < -0.39 is 0 Å². The van der Waals surface area contributed by atoms with Crippen molar-refractivity contribution in [3.8, 4) is 0 Å². The Morgan fingerprint density at radius 1 is 1.06 bits per heavy atom. The number of aromatic nitrogens is 2. The van der Waals surface area contributed by atoms with Crippen LogP contribution in [0.1, 0.15) is 11.3 Å². The topological polar surface area (TPSA) is 37.8 Å². The maximum Gasteiger partial charge on any atom is 0.136 e. The van der Waals surface area contributed by atoms with Crippen LogP contribution in [0.2, 0.25) is 10.0 Å². The molecule has 6 heteroatoms. The van der Waals surface area contributed by atoms with Crippen LogP contribution < -0.4 is 5.32 Å². The van der Waals surface area contributed by atoms with Crippen molar-refractivity contribution in [3.05, 3.63) is 45.8 Å². The minimum Gasteiger partial charge on any atom is -0.340 e. The molecule has 0 aliphatic rings. The summed E-state index contributed by atoms with van der Waals surface area (Å²) in [6.07, 6.45) is 1.53. The molecule has 1 heterocycles. The minimum atomic E-state index is 0. The van der Waals surface area contributed by atoms with Crippen molar-refractivity contribution >= 4 is 47.1 Å². The summed E-state index contributed by atoms with van der Waals surface area (Å²) in [5, 5.41) is 4.24. The van der Waals surface area contributed by atoms with Crippen LogP contribution in [0.25, 0.3) is 0 Å². The monoisotopic (exact) mass is 303 g/mol. The van der Waals surface area contributed by atoms with Crippen LogP contribution in [0, 0.1) is 13.8 Å². The third kappa shape index (κ3) is 3.25. The van der Waals surface area contributed by atoms with E-state index in [4.69, 9.17) is 23.2 Å². The number of benzene rings is 1. The second-order valence-electron chi connectivity index (χ2n) is 3.69. The molecule has 0 aliphatic carbocycles. The van der Waals surface area contributed by atoms with Gasteiger partial charge in [0.2, 0.25) is 0 Å². The molecule has 1 aromatic heterocycles. The van der Waals surface area contributed by atoms with Gasteiger partial charge < -0.3 is 5.32 Å². The highest BCUT2D eigenvalue weighted by Gasteiger charge is 2.05. The fourth-order valence-corrected chi connectivity index (χ4v) is 1.67. The molecule has 0 spiro atoms. The van der Waals surface area contributed by atoms with Crippen molar-refractivity contribution in [2.45, 2.75) is 13.8 Å². The van der Waals surface area contributed by atoms with E-state index in [1.54, 1.807) is 12.1 Å². The molecule has 1 aromatic carbocycles. The molecular formula is C12H12Cl3N3. The van der Waals surface area contributed by atoms with Crippen LogP contribution >= 0.6 is 35.6 Å². The lowest BCUT2D eigenvalue weighted by Gasteiger charge is -2.10. The summed E-state index contributed by atoms with van der Waals surface area (Å²) < 4.78 is 0. The molecule has 0 amide bonds. The highest BCUT2D eigenvalue weighted by atomic mass is 35.5. The van der Waals surface area contributed by atoms with Gasteiger partial charge in [-0.1, -0.05) is 23.2 Å². The molecule has 0 fully saturated rings. The van der Waals surface area contributed by atoms with Crippen molar-refractivity contribution in [1.82, 2.24) is 9.97 Å². The first-order valence-corrected chi connectivity index (χ1v) is 5.84. The molecule has 0 unspecified atom stereocenters. The number of hydrogen-bond donors (Lipinski definition) is 1. The van der Waals surface area contributed by atoms with Crippen molar-refractivity contribution in [2.75, 3.05) is 5.32 Å². The molecule has 0 saturated heterocycles. The van der Waals surface area contributed by atoms with Crippen LogP contribution in [0.15, 0.2) is 24.5 Å². The maximum atomic E-state index is 5.95. The summed E-state index contributed by atoms with van der Waals surface area (Å²) >= 11 is 11.8. The zero-order chi connectivity index (χ0) is 12.4. The minimum absolute atomic E-state index is 0. The van der Waals surface area contributed by atoms with E-state index >= 15 is 0 Å². The van der Waals surface area contributed by atoms with E-state index in [0.717, 1.165) is 22.8 Å². The largest absolute Gasteiger partial charge is 0.340 e. The third-order valence-corrected chi connectivity index (χ3v) is 3.26. The Labute approximate surface area is 122 Å². The van der Waals surface area contributed by atoms with Gasteiger partial charge in [-0.3, -0.25) is 0 Å². The molecular weight excluding hydrogens is 293 g/mol. The fourth-order valence-electron chi connectivity index (χ4n) is 1.37. The van der Waals surface area contributed by atoms with Crippen molar-refractivity contribution in [1.29, 1.82) is 0 Å². The third-order valence-electron chi connectivity index (χ3n) is 2.52. The van der Waals surface area contributed by atoms with Crippen LogP contribution in [0.3, 0.4) is 0 Å². The van der Waals surface area contributed by atoms with Gasteiger partial charge in [0.1, 0.15) is 12.1 Å². The lowest BCUT2D eigenvalue weighted by Crippen LogP contribution is -1.99. The first kappa shape index (κ1) is 15.0. The van der Waals surface area contributed by atoms with E-state index in [2.05, 4.69) is 15.3 Å². The SMILES string of the molecule is Cc1ncnc(Nc2ccc(Cl)c(Cl)c2)c1C.Cl. The van der Waals surface area contributed by atoms with E-state index in [1.165, 1.54) is 6.33 Å². The van der Waals surface area contributed by atoms with Gasteiger partial charge in [0.15, 0.2) is 0 Å². The van der Waals surface area contributed by atoms with Crippen molar-refractivity contribution < 1.29 is 0 Å². The van der Waals surface area contributed by atoms with Gasteiger partial charge in [0.05, 0.1) is 10.0 Å². The Balaban J connectivity index is 0.00000162. The summed E-state index contributed by atoms with van der Waals surface area (Å²) in [6.45, 7) is 3.91. The van der Waals surface area contributed by atoms with Gasteiger partial charge in [-0.2, -0.15) is 0 Å². The molecule has 2 rings (SSSR count). The van der Waals surface area contributed by atoms with Crippen LogP contribution in [0.4, 0.5) is 11.5 Å². The number of rotatable bonds is 2. The molecule has 2 aromatic rings. The normalized spacial score (nSPS) is 9.78. The summed E-state index contributed by atoms with van der Waals surface area (Å²) in [5.74, 6) is 0.774. The highest BCUT2D eigenvalue weighted by Crippen LogP contribution is 2.27. The van der Waals surface area contributed by atoms with E-state index in [-0.39, 0.29) is 12.4 Å². The quantitative estimate of drug-likeness (QED) is 0.883. The van der Waals surface area contributed by atoms with Gasteiger partial charge in [-0.05, 0) is 32.0 Å². The van der Waals surface area contributed by atoms with Crippen molar-refractivity contribution in [2.24, 2.45) is 0 Å². The zero-order valence-corrected chi connectivity index (χ0v) is 12.2. The highest BCUT2D eigenvalue weighted by molar-refractivity contribution is 6.42. The van der Waals surface area contributed by atoms with Crippen LogP contribution in [0.5, 0.6) is 0 Å². The molecule has 0 aliphatic heterocycles. The fraction of sp³-hybridized carbons (Fsp3) is 0.167. The Morgan fingerprint density at radius 3 is 2.44 bits per heavy atom. The van der Waals surface area contributed by atoms with Crippen molar-refractivity contribution in [3.63, 3.8) is 0 Å². The number of aryl methyl sites for hydroxylation is 1. The van der Waals surface area contributed by atoms with Crippen LogP contribution in [-0.4, -0.2) is 9.97 Å². The zero-order valence-electron chi connectivity index (χ0n) is 9.87. The molecule has 96 valence electrons. The van der Waals surface area contributed by atoms with Gasteiger partial charge in [0.25, 0.3) is 0 Å². The molecule has 0 atom stereocenters. The summed E-state index contributed by atoms with van der Waals surface area (Å²) in [5.41, 5.74) is 2.81. The van der Waals surface area contributed by atoms with Crippen LogP contribution in [-0.2, 0) is 0 Å². The maximum absolute atomic E-state index is 5.95. The molecule has 0 radical (unpaired) electrons. The summed E-state index contributed by atoms with van der Waals surface area (Å²) in [7, 11) is 0. The smallest absolute Gasteiger partial charge is 0.136 e. The van der Waals surface area contributed by atoms with E-state index in [9.17, 15) is 0 Å². The lowest BCUT2D eigenvalue weighted by molar-refractivity contribution is 1.06. The molecule has 1 N–H and O–H groups in total. The molecule has 0 saturated carbocycles. The number of hydrogen-bond acceptors (Lipinski definition) is 3.